The fourth-order valence-corrected chi connectivity index (χ4v) is 2.58. The summed E-state index contributed by atoms with van der Waals surface area (Å²) < 4.78 is 19.1. The number of rotatable bonds is 6. The highest BCUT2D eigenvalue weighted by atomic mass is 19.1. The molecule has 2 aromatic rings. The summed E-state index contributed by atoms with van der Waals surface area (Å²) in [6.07, 6.45) is 3.46. The highest BCUT2D eigenvalue weighted by molar-refractivity contribution is 5.83. The van der Waals surface area contributed by atoms with E-state index in [0.29, 0.717) is 5.56 Å². The maximum Gasteiger partial charge on any atom is 0.317 e. The molecule has 0 aliphatic heterocycles. The molecule has 0 aromatic heterocycles. The molecule has 0 heterocycles. The predicted molar refractivity (Wildman–Crippen MR) is 104 cm³/mol. The summed E-state index contributed by atoms with van der Waals surface area (Å²) in [5.41, 5.74) is 3.65. The number of carbonyl (C=O) groups is 1. The van der Waals surface area contributed by atoms with Crippen LogP contribution in [-0.4, -0.2) is 18.8 Å². The van der Waals surface area contributed by atoms with E-state index in [2.05, 4.69) is 11.6 Å². The number of halogens is 1. The normalized spacial score (nSPS) is 12.2. The third kappa shape index (κ3) is 4.54. The Morgan fingerprint density at radius 1 is 1.15 bits per heavy atom. The van der Waals surface area contributed by atoms with Crippen LogP contribution in [0.1, 0.15) is 36.5 Å². The molecule has 0 N–H and O–H groups in total. The van der Waals surface area contributed by atoms with Gasteiger partial charge >= 0.3 is 5.97 Å². The van der Waals surface area contributed by atoms with Crippen molar-refractivity contribution in [2.45, 2.75) is 19.8 Å². The van der Waals surface area contributed by atoms with E-state index < -0.39 is 17.7 Å². The van der Waals surface area contributed by atoms with Gasteiger partial charge in [-0.25, -0.2) is 4.39 Å². The Morgan fingerprint density at radius 2 is 1.81 bits per heavy atom. The van der Waals surface area contributed by atoms with Crippen molar-refractivity contribution >= 4 is 17.3 Å². The van der Waals surface area contributed by atoms with E-state index in [1.165, 1.54) is 13.2 Å². The molecule has 3 nitrogen and oxygen atoms in total. The van der Waals surface area contributed by atoms with Gasteiger partial charge in [0.1, 0.15) is 11.7 Å². The van der Waals surface area contributed by atoms with E-state index in [0.717, 1.165) is 16.8 Å². The number of benzene rings is 2. The predicted octanol–water partition coefficient (Wildman–Crippen LogP) is 5.14. The summed E-state index contributed by atoms with van der Waals surface area (Å²) in [4.78, 5) is 16.6. The van der Waals surface area contributed by atoms with Crippen molar-refractivity contribution in [1.82, 2.24) is 0 Å². The van der Waals surface area contributed by atoms with Gasteiger partial charge in [-0.2, -0.15) is 0 Å². The maximum absolute atomic E-state index is 14.2. The second-order valence-electron chi connectivity index (χ2n) is 5.96. The summed E-state index contributed by atoms with van der Waals surface area (Å²) in [7, 11) is 1.30. The van der Waals surface area contributed by atoms with Gasteiger partial charge < -0.3 is 4.74 Å². The molecule has 2 aromatic carbocycles. The van der Waals surface area contributed by atoms with Gasteiger partial charge in [-0.05, 0) is 36.6 Å². The monoisotopic (exact) mass is 351 g/mol. The lowest BCUT2D eigenvalue weighted by Crippen LogP contribution is -2.17. The standard InChI is InChI=1S/C22H22FNO2/c1-5-16(14-24-15(2)3)17-10-12-18(13-11-17)21(22(25)26-4)19-8-6-7-9-20(19)23/h5-14,21H,1H2,2-4H3/b16-14+. The number of ether oxygens (including phenoxy) is 1. The fraction of sp³-hybridized carbons (Fsp3) is 0.182. The Kier molecular flexibility index (Phi) is 6.61. The molecule has 4 heteroatoms. The summed E-state index contributed by atoms with van der Waals surface area (Å²) in [6, 6.07) is 13.5. The van der Waals surface area contributed by atoms with Crippen molar-refractivity contribution in [2.75, 3.05) is 7.11 Å². The van der Waals surface area contributed by atoms with Crippen LogP contribution in [0.5, 0.6) is 0 Å². The number of aliphatic imine (C=N–C) groups is 1. The average Bonchev–Trinajstić information content (AvgIpc) is 2.64. The number of hydrogen-bond donors (Lipinski definition) is 0. The summed E-state index contributed by atoms with van der Waals surface area (Å²) in [5.74, 6) is -1.76. The van der Waals surface area contributed by atoms with Crippen LogP contribution in [0, 0.1) is 5.82 Å². The van der Waals surface area contributed by atoms with Crippen molar-refractivity contribution in [3.8, 4) is 0 Å². The molecule has 0 amide bonds. The minimum absolute atomic E-state index is 0.290. The van der Waals surface area contributed by atoms with Gasteiger partial charge in [0.05, 0.1) is 7.11 Å². The molecule has 0 spiro atoms. The number of esters is 1. The first-order valence-electron chi connectivity index (χ1n) is 8.24. The zero-order chi connectivity index (χ0) is 19.1. The summed E-state index contributed by atoms with van der Waals surface area (Å²) in [6.45, 7) is 7.64. The quantitative estimate of drug-likeness (QED) is 0.411. The molecule has 26 heavy (non-hydrogen) atoms. The Labute approximate surface area is 153 Å². The lowest BCUT2D eigenvalue weighted by molar-refractivity contribution is -0.141. The van der Waals surface area contributed by atoms with Gasteiger partial charge in [-0.1, -0.05) is 55.1 Å². The van der Waals surface area contributed by atoms with Crippen LogP contribution in [0.2, 0.25) is 0 Å². The van der Waals surface area contributed by atoms with Crippen LogP contribution in [-0.2, 0) is 9.53 Å². The Hall–Kier alpha value is -3.01. The van der Waals surface area contributed by atoms with Gasteiger partial charge in [-0.15, -0.1) is 0 Å². The van der Waals surface area contributed by atoms with E-state index in [9.17, 15) is 9.18 Å². The lowest BCUT2D eigenvalue weighted by atomic mass is 9.90. The number of nitrogens with zero attached hydrogens (tertiary/aromatic N) is 1. The molecule has 0 aliphatic carbocycles. The van der Waals surface area contributed by atoms with Crippen LogP contribution < -0.4 is 0 Å². The van der Waals surface area contributed by atoms with Crippen LogP contribution in [0.25, 0.3) is 5.57 Å². The van der Waals surface area contributed by atoms with Crippen molar-refractivity contribution in [2.24, 2.45) is 4.99 Å². The van der Waals surface area contributed by atoms with E-state index in [4.69, 9.17) is 4.74 Å². The van der Waals surface area contributed by atoms with Gasteiger partial charge in [0.2, 0.25) is 0 Å². The largest absolute Gasteiger partial charge is 0.468 e. The minimum atomic E-state index is -0.817. The highest BCUT2D eigenvalue weighted by Crippen LogP contribution is 2.29. The second kappa shape index (κ2) is 8.90. The third-order valence-electron chi connectivity index (χ3n) is 3.91. The van der Waals surface area contributed by atoms with Crippen molar-refractivity contribution in [3.05, 3.63) is 89.9 Å². The smallest absolute Gasteiger partial charge is 0.317 e. The lowest BCUT2D eigenvalue weighted by Gasteiger charge is -2.17. The molecule has 0 saturated heterocycles. The molecule has 2 rings (SSSR count). The van der Waals surface area contributed by atoms with E-state index in [1.807, 2.05) is 26.0 Å². The minimum Gasteiger partial charge on any atom is -0.468 e. The first-order valence-corrected chi connectivity index (χ1v) is 8.24. The number of methoxy groups -OCH3 is 1. The van der Waals surface area contributed by atoms with Gasteiger partial charge in [0.15, 0.2) is 0 Å². The summed E-state index contributed by atoms with van der Waals surface area (Å²) >= 11 is 0. The van der Waals surface area contributed by atoms with Crippen LogP contribution in [0.3, 0.4) is 0 Å². The molecule has 1 atom stereocenters. The molecule has 0 bridgehead atoms. The van der Waals surface area contributed by atoms with Gasteiger partial charge in [-0.3, -0.25) is 9.79 Å². The Balaban J connectivity index is 2.44. The molecule has 0 fully saturated rings. The van der Waals surface area contributed by atoms with Gasteiger partial charge in [0.25, 0.3) is 0 Å². The molecular formula is C22H22FNO2. The molecule has 0 radical (unpaired) electrons. The number of hydrogen-bond acceptors (Lipinski definition) is 3. The zero-order valence-corrected chi connectivity index (χ0v) is 15.2. The van der Waals surface area contributed by atoms with E-state index in [-0.39, 0.29) is 5.56 Å². The molecule has 0 aliphatic rings. The SMILES string of the molecule is C=C/C(=C\N=C(C)C)c1ccc(C(C(=O)OC)c2ccccc2F)cc1. The Bertz CT molecular complexity index is 847. The zero-order valence-electron chi connectivity index (χ0n) is 15.2. The third-order valence-corrected chi connectivity index (χ3v) is 3.91. The summed E-state index contributed by atoms with van der Waals surface area (Å²) in [5, 5.41) is 0. The van der Waals surface area contributed by atoms with Crippen molar-refractivity contribution in [3.63, 3.8) is 0 Å². The van der Waals surface area contributed by atoms with Crippen molar-refractivity contribution in [1.29, 1.82) is 0 Å². The number of allylic oxidation sites excluding steroid dienone is 2. The van der Waals surface area contributed by atoms with Crippen LogP contribution >= 0.6 is 0 Å². The fourth-order valence-electron chi connectivity index (χ4n) is 2.58. The second-order valence-corrected chi connectivity index (χ2v) is 5.96. The van der Waals surface area contributed by atoms with Crippen LogP contribution in [0.4, 0.5) is 4.39 Å². The van der Waals surface area contributed by atoms with E-state index >= 15 is 0 Å². The number of carbonyl (C=O) groups excluding carboxylic acids is 1. The first kappa shape index (κ1) is 19.3. The molecular weight excluding hydrogens is 329 g/mol. The topological polar surface area (TPSA) is 38.7 Å². The maximum atomic E-state index is 14.2. The molecule has 134 valence electrons. The average molecular weight is 351 g/mol. The molecule has 1 unspecified atom stereocenters. The highest BCUT2D eigenvalue weighted by Gasteiger charge is 2.26. The van der Waals surface area contributed by atoms with E-state index in [1.54, 1.807) is 42.6 Å². The Morgan fingerprint density at radius 3 is 2.35 bits per heavy atom. The van der Waals surface area contributed by atoms with Crippen LogP contribution in [0.15, 0.2) is 72.4 Å². The van der Waals surface area contributed by atoms with Crippen molar-refractivity contribution < 1.29 is 13.9 Å². The first-order chi connectivity index (χ1) is 12.5. The molecule has 0 saturated carbocycles. The van der Waals surface area contributed by atoms with Gasteiger partial charge in [0, 0.05) is 17.5 Å².